The van der Waals surface area contributed by atoms with Crippen LogP contribution in [0.2, 0.25) is 0 Å². The molecule has 0 unspecified atom stereocenters. The van der Waals surface area contributed by atoms with Gasteiger partial charge in [0.2, 0.25) is 0 Å². The zero-order chi connectivity index (χ0) is 14.9. The van der Waals surface area contributed by atoms with Crippen LogP contribution in [0.3, 0.4) is 0 Å². The first kappa shape index (κ1) is 14.2. The Hall–Kier alpha value is -2.17. The maximum Gasteiger partial charge on any atom is 0.416 e. The van der Waals surface area contributed by atoms with Crippen LogP contribution in [0.1, 0.15) is 22.8 Å². The zero-order valence-corrected chi connectivity index (χ0v) is 10.5. The molecule has 0 aliphatic heterocycles. The SMILES string of the molecule is CC(=O)c1ccc(-c2ccc(C(F)(F)F)cc2)cc1F. The standard InChI is InChI=1S/C15H10F4O/c1-9(20)13-7-4-11(8-14(13)16)10-2-5-12(6-3-10)15(17,18)19/h2-8H,1H3. The molecule has 2 rings (SSSR count). The smallest absolute Gasteiger partial charge is 0.294 e. The van der Waals surface area contributed by atoms with Crippen LogP contribution in [-0.4, -0.2) is 5.78 Å². The Morgan fingerprint density at radius 2 is 1.50 bits per heavy atom. The number of Topliss-reactive ketones (excluding diaryl/α,β-unsaturated/α-hetero) is 1. The second-order valence-electron chi connectivity index (χ2n) is 4.33. The van der Waals surface area contributed by atoms with Crippen molar-refractivity contribution in [1.82, 2.24) is 0 Å². The number of ketones is 1. The number of halogens is 4. The summed E-state index contributed by atoms with van der Waals surface area (Å²) in [7, 11) is 0. The lowest BCUT2D eigenvalue weighted by Crippen LogP contribution is -2.04. The molecule has 0 heterocycles. The van der Waals surface area contributed by atoms with Gasteiger partial charge < -0.3 is 0 Å². The number of carbonyl (C=O) groups excluding carboxylic acids is 1. The molecular formula is C15H10F4O. The Labute approximate surface area is 112 Å². The Balaban J connectivity index is 2.37. The summed E-state index contributed by atoms with van der Waals surface area (Å²) in [5.41, 5.74) is 0.0657. The summed E-state index contributed by atoms with van der Waals surface area (Å²) in [6.45, 7) is 1.25. The molecule has 0 spiro atoms. The van der Waals surface area contributed by atoms with Crippen molar-refractivity contribution < 1.29 is 22.4 Å². The van der Waals surface area contributed by atoms with Crippen molar-refractivity contribution in [2.45, 2.75) is 13.1 Å². The third-order valence-electron chi connectivity index (χ3n) is 2.89. The van der Waals surface area contributed by atoms with Crippen molar-refractivity contribution in [3.63, 3.8) is 0 Å². The summed E-state index contributed by atoms with van der Waals surface area (Å²) >= 11 is 0. The van der Waals surface area contributed by atoms with Gasteiger partial charge in [-0.15, -0.1) is 0 Å². The Kier molecular flexibility index (Phi) is 3.61. The van der Waals surface area contributed by atoms with Crippen molar-refractivity contribution in [2.24, 2.45) is 0 Å². The van der Waals surface area contributed by atoms with E-state index in [9.17, 15) is 22.4 Å². The lowest BCUT2D eigenvalue weighted by Gasteiger charge is -2.08. The van der Waals surface area contributed by atoms with Crippen LogP contribution < -0.4 is 0 Å². The molecule has 0 amide bonds. The third kappa shape index (κ3) is 2.87. The van der Waals surface area contributed by atoms with Crippen molar-refractivity contribution in [2.75, 3.05) is 0 Å². The molecule has 104 valence electrons. The molecule has 2 aromatic rings. The quantitative estimate of drug-likeness (QED) is 0.575. The van der Waals surface area contributed by atoms with E-state index in [1.807, 2.05) is 0 Å². The van der Waals surface area contributed by atoms with Gasteiger partial charge in [-0.1, -0.05) is 18.2 Å². The van der Waals surface area contributed by atoms with Crippen LogP contribution in [-0.2, 0) is 6.18 Å². The molecule has 0 saturated carbocycles. The van der Waals surface area contributed by atoms with Crippen LogP contribution in [0.25, 0.3) is 11.1 Å². The van der Waals surface area contributed by atoms with Gasteiger partial charge in [-0.2, -0.15) is 13.2 Å². The highest BCUT2D eigenvalue weighted by Crippen LogP contribution is 2.31. The highest BCUT2D eigenvalue weighted by atomic mass is 19.4. The number of benzene rings is 2. The highest BCUT2D eigenvalue weighted by Gasteiger charge is 2.29. The molecule has 5 heteroatoms. The number of alkyl halides is 3. The molecule has 0 atom stereocenters. The van der Waals surface area contributed by atoms with Crippen molar-refractivity contribution >= 4 is 5.78 Å². The first-order chi connectivity index (χ1) is 9.29. The summed E-state index contributed by atoms with van der Waals surface area (Å²) in [5.74, 6) is -1.09. The first-order valence-electron chi connectivity index (χ1n) is 5.77. The van der Waals surface area contributed by atoms with Gasteiger partial charge in [-0.25, -0.2) is 4.39 Å². The van der Waals surface area contributed by atoms with Gasteiger partial charge in [0, 0.05) is 0 Å². The number of hydrogen-bond acceptors (Lipinski definition) is 1. The fraction of sp³-hybridized carbons (Fsp3) is 0.133. The van der Waals surface area contributed by atoms with Gasteiger partial charge in [0.25, 0.3) is 0 Å². The van der Waals surface area contributed by atoms with Crippen LogP contribution in [0.15, 0.2) is 42.5 Å². The lowest BCUT2D eigenvalue weighted by atomic mass is 10.0. The average molecular weight is 282 g/mol. The van der Waals surface area contributed by atoms with Crippen molar-refractivity contribution in [3.8, 4) is 11.1 Å². The molecule has 0 aliphatic carbocycles. The Morgan fingerprint density at radius 3 is 1.95 bits per heavy atom. The number of carbonyl (C=O) groups is 1. The summed E-state index contributed by atoms with van der Waals surface area (Å²) in [6, 6.07) is 8.38. The largest absolute Gasteiger partial charge is 0.416 e. The summed E-state index contributed by atoms with van der Waals surface area (Å²) < 4.78 is 50.9. The van der Waals surface area contributed by atoms with E-state index in [1.165, 1.54) is 31.2 Å². The minimum atomic E-state index is -4.40. The molecule has 0 aromatic heterocycles. The minimum Gasteiger partial charge on any atom is -0.294 e. The molecule has 2 aromatic carbocycles. The molecule has 0 radical (unpaired) electrons. The molecule has 0 fully saturated rings. The average Bonchev–Trinajstić information content (AvgIpc) is 2.37. The zero-order valence-electron chi connectivity index (χ0n) is 10.5. The van der Waals surface area contributed by atoms with E-state index in [4.69, 9.17) is 0 Å². The van der Waals surface area contributed by atoms with Crippen LogP contribution in [0, 0.1) is 5.82 Å². The first-order valence-corrected chi connectivity index (χ1v) is 5.77. The molecule has 0 aliphatic rings. The second-order valence-corrected chi connectivity index (χ2v) is 4.33. The Bertz CT molecular complexity index is 642. The van der Waals surface area contributed by atoms with E-state index in [0.29, 0.717) is 11.1 Å². The van der Waals surface area contributed by atoms with Crippen LogP contribution in [0.5, 0.6) is 0 Å². The molecular weight excluding hydrogens is 272 g/mol. The minimum absolute atomic E-state index is 0.0411. The van der Waals surface area contributed by atoms with Gasteiger partial charge in [-0.05, 0) is 42.3 Å². The third-order valence-corrected chi connectivity index (χ3v) is 2.89. The summed E-state index contributed by atoms with van der Waals surface area (Å²) in [5, 5.41) is 0. The lowest BCUT2D eigenvalue weighted by molar-refractivity contribution is -0.137. The second kappa shape index (κ2) is 5.07. The van der Waals surface area contributed by atoms with Gasteiger partial charge in [-0.3, -0.25) is 4.79 Å². The van der Waals surface area contributed by atoms with Crippen LogP contribution in [0.4, 0.5) is 17.6 Å². The molecule has 0 saturated heterocycles. The molecule has 0 bridgehead atoms. The summed E-state index contributed by atoms with van der Waals surface area (Å²) in [4.78, 5) is 11.1. The monoisotopic (exact) mass is 282 g/mol. The van der Waals surface area contributed by atoms with E-state index < -0.39 is 23.3 Å². The number of hydrogen-bond donors (Lipinski definition) is 0. The molecule has 1 nitrogen and oxygen atoms in total. The van der Waals surface area contributed by atoms with E-state index >= 15 is 0 Å². The van der Waals surface area contributed by atoms with Crippen LogP contribution >= 0.6 is 0 Å². The van der Waals surface area contributed by atoms with Gasteiger partial charge >= 0.3 is 6.18 Å². The fourth-order valence-corrected chi connectivity index (χ4v) is 1.83. The van der Waals surface area contributed by atoms with E-state index in [-0.39, 0.29) is 5.56 Å². The highest BCUT2D eigenvalue weighted by molar-refractivity contribution is 5.94. The van der Waals surface area contributed by atoms with Crippen molar-refractivity contribution in [1.29, 1.82) is 0 Å². The maximum atomic E-state index is 13.7. The maximum absolute atomic E-state index is 13.7. The van der Waals surface area contributed by atoms with E-state index in [0.717, 1.165) is 18.2 Å². The molecule has 20 heavy (non-hydrogen) atoms. The normalized spacial score (nSPS) is 11.4. The topological polar surface area (TPSA) is 17.1 Å². The number of rotatable bonds is 2. The predicted octanol–water partition coefficient (Wildman–Crippen LogP) is 4.71. The molecule has 0 N–H and O–H groups in total. The Morgan fingerprint density at radius 1 is 0.950 bits per heavy atom. The predicted molar refractivity (Wildman–Crippen MR) is 66.8 cm³/mol. The van der Waals surface area contributed by atoms with Gasteiger partial charge in [0.05, 0.1) is 11.1 Å². The summed E-state index contributed by atoms with van der Waals surface area (Å²) in [6.07, 6.45) is -4.40. The van der Waals surface area contributed by atoms with E-state index in [2.05, 4.69) is 0 Å². The van der Waals surface area contributed by atoms with E-state index in [1.54, 1.807) is 0 Å². The van der Waals surface area contributed by atoms with Gasteiger partial charge in [0.1, 0.15) is 5.82 Å². The van der Waals surface area contributed by atoms with Crippen molar-refractivity contribution in [3.05, 3.63) is 59.4 Å². The van der Waals surface area contributed by atoms with Gasteiger partial charge in [0.15, 0.2) is 5.78 Å². The fourth-order valence-electron chi connectivity index (χ4n) is 1.83.